The molecule has 0 saturated heterocycles. The number of nitrogens with zero attached hydrogens (tertiary/aromatic N) is 1. The molecule has 106 valence electrons. The van der Waals surface area contributed by atoms with Gasteiger partial charge in [-0.25, -0.2) is 8.78 Å². The van der Waals surface area contributed by atoms with Crippen molar-refractivity contribution in [3.05, 3.63) is 50.8 Å². The zero-order chi connectivity index (χ0) is 14.9. The van der Waals surface area contributed by atoms with Crippen molar-refractivity contribution in [3.63, 3.8) is 0 Å². The van der Waals surface area contributed by atoms with Crippen molar-refractivity contribution in [3.8, 4) is 0 Å². The van der Waals surface area contributed by atoms with E-state index >= 15 is 0 Å². The number of halogens is 3. The third-order valence-electron chi connectivity index (χ3n) is 2.84. The molecule has 1 N–H and O–H groups in total. The summed E-state index contributed by atoms with van der Waals surface area (Å²) in [5.41, 5.74) is 0.704. The first kappa shape index (κ1) is 14.6. The van der Waals surface area contributed by atoms with Crippen LogP contribution in [0.2, 0.25) is 0 Å². The standard InChI is InChI=1S/C13H11BrF2N2O2/c1-6-9(7(2)20-18-6)5-17-13(19)12-10(15)3-8(14)4-11(12)16/h3-4H,5H2,1-2H3,(H,17,19). The van der Waals surface area contributed by atoms with Gasteiger partial charge in [0.15, 0.2) is 0 Å². The van der Waals surface area contributed by atoms with E-state index in [1.807, 2.05) is 0 Å². The number of amides is 1. The first-order valence-electron chi connectivity index (χ1n) is 5.74. The van der Waals surface area contributed by atoms with Crippen LogP contribution in [-0.2, 0) is 6.54 Å². The van der Waals surface area contributed by atoms with Gasteiger partial charge in [0.05, 0.1) is 5.69 Å². The molecule has 0 radical (unpaired) electrons. The zero-order valence-corrected chi connectivity index (χ0v) is 12.3. The molecule has 4 nitrogen and oxygen atoms in total. The SMILES string of the molecule is Cc1noc(C)c1CNC(=O)c1c(F)cc(Br)cc1F. The lowest BCUT2D eigenvalue weighted by atomic mass is 10.1. The second-order valence-corrected chi connectivity index (χ2v) is 5.15. The Morgan fingerprint density at radius 2 is 1.95 bits per heavy atom. The van der Waals surface area contributed by atoms with Gasteiger partial charge in [-0.15, -0.1) is 0 Å². The molecule has 0 saturated carbocycles. The van der Waals surface area contributed by atoms with Crippen molar-refractivity contribution in [1.29, 1.82) is 0 Å². The lowest BCUT2D eigenvalue weighted by Crippen LogP contribution is -2.25. The summed E-state index contributed by atoms with van der Waals surface area (Å²) in [4.78, 5) is 11.9. The molecular weight excluding hydrogens is 334 g/mol. The molecule has 0 spiro atoms. The Bertz CT molecular complexity index is 628. The van der Waals surface area contributed by atoms with Crippen molar-refractivity contribution in [2.24, 2.45) is 0 Å². The molecule has 0 bridgehead atoms. The summed E-state index contributed by atoms with van der Waals surface area (Å²) in [6.07, 6.45) is 0. The minimum absolute atomic E-state index is 0.0922. The topological polar surface area (TPSA) is 55.1 Å². The Labute approximate surface area is 122 Å². The fourth-order valence-electron chi connectivity index (χ4n) is 1.77. The lowest BCUT2D eigenvalue weighted by Gasteiger charge is -2.07. The second kappa shape index (κ2) is 5.70. The highest BCUT2D eigenvalue weighted by Crippen LogP contribution is 2.19. The maximum absolute atomic E-state index is 13.6. The predicted molar refractivity (Wildman–Crippen MR) is 71.2 cm³/mol. The van der Waals surface area contributed by atoms with E-state index in [1.54, 1.807) is 13.8 Å². The van der Waals surface area contributed by atoms with Crippen LogP contribution in [0.3, 0.4) is 0 Å². The third-order valence-corrected chi connectivity index (χ3v) is 3.30. The molecule has 1 amide bonds. The molecule has 1 heterocycles. The van der Waals surface area contributed by atoms with Gasteiger partial charge in [0.25, 0.3) is 5.91 Å². The van der Waals surface area contributed by atoms with E-state index in [0.717, 1.165) is 12.1 Å². The first-order chi connectivity index (χ1) is 9.40. The summed E-state index contributed by atoms with van der Waals surface area (Å²) in [5.74, 6) is -2.12. The van der Waals surface area contributed by atoms with Gasteiger partial charge in [-0.3, -0.25) is 4.79 Å². The molecule has 0 aliphatic rings. The average molecular weight is 345 g/mol. The Balaban J connectivity index is 2.18. The molecule has 7 heteroatoms. The largest absolute Gasteiger partial charge is 0.361 e. The molecular formula is C13H11BrF2N2O2. The normalized spacial score (nSPS) is 10.7. The molecule has 0 fully saturated rings. The number of nitrogens with one attached hydrogen (secondary N) is 1. The van der Waals surface area contributed by atoms with Crippen LogP contribution in [-0.4, -0.2) is 11.1 Å². The second-order valence-electron chi connectivity index (χ2n) is 4.23. The Hall–Kier alpha value is -1.76. The summed E-state index contributed by atoms with van der Waals surface area (Å²) < 4.78 is 32.4. The number of rotatable bonds is 3. The summed E-state index contributed by atoms with van der Waals surface area (Å²) in [6.45, 7) is 3.51. The Morgan fingerprint density at radius 1 is 1.35 bits per heavy atom. The Morgan fingerprint density at radius 3 is 2.45 bits per heavy atom. The van der Waals surface area contributed by atoms with E-state index in [0.29, 0.717) is 17.0 Å². The highest BCUT2D eigenvalue weighted by molar-refractivity contribution is 9.10. The van der Waals surface area contributed by atoms with Gasteiger partial charge in [0.1, 0.15) is 23.0 Å². The van der Waals surface area contributed by atoms with Gasteiger partial charge in [0, 0.05) is 16.6 Å². The summed E-state index contributed by atoms with van der Waals surface area (Å²) >= 11 is 2.95. The van der Waals surface area contributed by atoms with Gasteiger partial charge in [-0.1, -0.05) is 21.1 Å². The maximum Gasteiger partial charge on any atom is 0.257 e. The molecule has 2 rings (SSSR count). The van der Waals surface area contributed by atoms with Gasteiger partial charge in [-0.05, 0) is 26.0 Å². The molecule has 0 atom stereocenters. The van der Waals surface area contributed by atoms with Gasteiger partial charge < -0.3 is 9.84 Å². The number of aromatic nitrogens is 1. The van der Waals surface area contributed by atoms with Crippen LogP contribution in [0.25, 0.3) is 0 Å². The molecule has 0 aliphatic carbocycles. The lowest BCUT2D eigenvalue weighted by molar-refractivity contribution is 0.0942. The fourth-order valence-corrected chi connectivity index (χ4v) is 2.17. The van der Waals surface area contributed by atoms with Crippen molar-refractivity contribution >= 4 is 21.8 Å². The zero-order valence-electron chi connectivity index (χ0n) is 10.8. The van der Waals surface area contributed by atoms with E-state index in [4.69, 9.17) is 4.52 Å². The quantitative estimate of drug-likeness (QED) is 0.929. The third kappa shape index (κ3) is 2.87. The number of carbonyl (C=O) groups excluding carboxylic acids is 1. The fraction of sp³-hybridized carbons (Fsp3) is 0.231. The van der Waals surface area contributed by atoms with Crippen molar-refractivity contribution in [2.75, 3.05) is 0 Å². The molecule has 2 aromatic rings. The monoisotopic (exact) mass is 344 g/mol. The van der Waals surface area contributed by atoms with E-state index in [2.05, 4.69) is 26.4 Å². The van der Waals surface area contributed by atoms with Gasteiger partial charge >= 0.3 is 0 Å². The Kier molecular flexibility index (Phi) is 4.17. The van der Waals surface area contributed by atoms with Gasteiger partial charge in [0.2, 0.25) is 0 Å². The first-order valence-corrected chi connectivity index (χ1v) is 6.54. The van der Waals surface area contributed by atoms with Crippen LogP contribution >= 0.6 is 15.9 Å². The summed E-state index contributed by atoms with van der Waals surface area (Å²) in [6, 6.07) is 2.07. The molecule has 0 aliphatic heterocycles. The number of carbonyl (C=O) groups is 1. The van der Waals surface area contributed by atoms with Crippen LogP contribution in [0.1, 0.15) is 27.4 Å². The van der Waals surface area contributed by atoms with Crippen LogP contribution in [0.5, 0.6) is 0 Å². The van der Waals surface area contributed by atoms with E-state index < -0.39 is 23.1 Å². The summed E-state index contributed by atoms with van der Waals surface area (Å²) in [7, 11) is 0. The summed E-state index contributed by atoms with van der Waals surface area (Å²) in [5, 5.41) is 6.18. The minimum atomic E-state index is -0.923. The highest BCUT2D eigenvalue weighted by atomic mass is 79.9. The number of hydrogen-bond acceptors (Lipinski definition) is 3. The number of hydrogen-bond donors (Lipinski definition) is 1. The van der Waals surface area contributed by atoms with Crippen molar-refractivity contribution < 1.29 is 18.1 Å². The van der Waals surface area contributed by atoms with Crippen molar-refractivity contribution in [1.82, 2.24) is 10.5 Å². The van der Waals surface area contributed by atoms with Gasteiger partial charge in [-0.2, -0.15) is 0 Å². The molecule has 0 unspecified atom stereocenters. The number of aryl methyl sites for hydroxylation is 2. The molecule has 20 heavy (non-hydrogen) atoms. The van der Waals surface area contributed by atoms with Crippen molar-refractivity contribution in [2.45, 2.75) is 20.4 Å². The van der Waals surface area contributed by atoms with E-state index in [9.17, 15) is 13.6 Å². The van der Waals surface area contributed by atoms with Crippen LogP contribution in [0.15, 0.2) is 21.1 Å². The van der Waals surface area contributed by atoms with E-state index in [1.165, 1.54) is 0 Å². The maximum atomic E-state index is 13.6. The molecule has 1 aromatic carbocycles. The smallest absolute Gasteiger partial charge is 0.257 e. The van der Waals surface area contributed by atoms with Crippen LogP contribution in [0, 0.1) is 25.5 Å². The molecule has 1 aromatic heterocycles. The number of benzene rings is 1. The van der Waals surface area contributed by atoms with Crippen LogP contribution in [0.4, 0.5) is 8.78 Å². The minimum Gasteiger partial charge on any atom is -0.361 e. The average Bonchev–Trinajstić information content (AvgIpc) is 2.65. The predicted octanol–water partition coefficient (Wildman–Crippen LogP) is 3.26. The van der Waals surface area contributed by atoms with E-state index in [-0.39, 0.29) is 11.0 Å². The highest BCUT2D eigenvalue weighted by Gasteiger charge is 2.19. The van der Waals surface area contributed by atoms with Crippen LogP contribution < -0.4 is 5.32 Å².